The number of hydrogen-bond donors (Lipinski definition) is 0. The van der Waals surface area contributed by atoms with Gasteiger partial charge in [0.25, 0.3) is 0 Å². The van der Waals surface area contributed by atoms with Gasteiger partial charge in [-0.1, -0.05) is 6.08 Å². The third kappa shape index (κ3) is 4.88. The van der Waals surface area contributed by atoms with Crippen molar-refractivity contribution in [3.8, 4) is 0 Å². The fourth-order valence-electron chi connectivity index (χ4n) is 2.76. The number of carbonyl (C=O) groups excluding carboxylic acids is 2. The van der Waals surface area contributed by atoms with Gasteiger partial charge in [0, 0.05) is 37.4 Å². The van der Waals surface area contributed by atoms with E-state index < -0.39 is 5.41 Å². The van der Waals surface area contributed by atoms with Crippen molar-refractivity contribution < 1.29 is 9.59 Å². The highest BCUT2D eigenvalue weighted by atomic mass is 35.5. The van der Waals surface area contributed by atoms with Gasteiger partial charge in [-0.3, -0.25) is 9.59 Å². The molecule has 1 aliphatic carbocycles. The predicted molar refractivity (Wildman–Crippen MR) is 100 cm³/mol. The Balaban J connectivity index is 2.10. The Morgan fingerprint density at radius 3 is 2.60 bits per heavy atom. The summed E-state index contributed by atoms with van der Waals surface area (Å²) in [7, 11) is 1.97. The molecule has 1 aliphatic rings. The summed E-state index contributed by atoms with van der Waals surface area (Å²) in [5, 5.41) is 0. The molecule has 0 aromatic carbocycles. The fourth-order valence-corrected chi connectivity index (χ4v) is 2.87. The number of hydrogen-bond acceptors (Lipinski definition) is 2. The van der Waals surface area contributed by atoms with Crippen molar-refractivity contribution in [3.05, 3.63) is 36.7 Å². The fraction of sp³-hybridized carbons (Fsp3) is 0.579. The first kappa shape index (κ1) is 19.6. The second-order valence-corrected chi connectivity index (χ2v) is 7.62. The van der Waals surface area contributed by atoms with E-state index in [1.807, 2.05) is 34.8 Å². The smallest absolute Gasteiger partial charge is 0.242 e. The summed E-state index contributed by atoms with van der Waals surface area (Å²) in [6.07, 6.45) is 5.67. The average Bonchev–Trinajstić information content (AvgIpc) is 3.34. The summed E-state index contributed by atoms with van der Waals surface area (Å²) in [6.45, 7) is 8.28. The van der Waals surface area contributed by atoms with E-state index in [-0.39, 0.29) is 30.3 Å². The standard InChI is InChI=1S/C19H28ClN3O2/c1-5-10-22(18(25)19(2,3)14-20)13-17(24)23(15-8-9-15)12-16-7-6-11-21(16)4/h5-7,11,15H,1,8-10,12-14H2,2-4H3. The molecule has 25 heavy (non-hydrogen) atoms. The molecule has 2 amide bonds. The molecule has 0 N–H and O–H groups in total. The van der Waals surface area contributed by atoms with E-state index in [0.29, 0.717) is 13.1 Å². The van der Waals surface area contributed by atoms with Gasteiger partial charge in [0.15, 0.2) is 0 Å². The van der Waals surface area contributed by atoms with Crippen molar-refractivity contribution in [2.75, 3.05) is 19.0 Å². The van der Waals surface area contributed by atoms with Crippen molar-refractivity contribution >= 4 is 23.4 Å². The highest BCUT2D eigenvalue weighted by Crippen LogP contribution is 2.29. The predicted octanol–water partition coefficient (Wildman–Crippen LogP) is 2.80. The van der Waals surface area contributed by atoms with Gasteiger partial charge >= 0.3 is 0 Å². The minimum absolute atomic E-state index is 0.0238. The van der Waals surface area contributed by atoms with E-state index in [0.717, 1.165) is 18.5 Å². The van der Waals surface area contributed by atoms with Gasteiger partial charge in [0.2, 0.25) is 11.8 Å². The molecule has 1 saturated carbocycles. The maximum absolute atomic E-state index is 12.9. The van der Waals surface area contributed by atoms with Crippen LogP contribution < -0.4 is 0 Å². The minimum Gasteiger partial charge on any atom is -0.353 e. The Bertz CT molecular complexity index is 634. The maximum Gasteiger partial charge on any atom is 0.242 e. The lowest BCUT2D eigenvalue weighted by molar-refractivity contribution is -0.145. The monoisotopic (exact) mass is 365 g/mol. The van der Waals surface area contributed by atoms with Crippen LogP contribution in [0.1, 0.15) is 32.4 Å². The molecule has 1 aromatic rings. The Morgan fingerprint density at radius 2 is 2.12 bits per heavy atom. The van der Waals surface area contributed by atoms with Gasteiger partial charge in [0.05, 0.1) is 12.0 Å². The molecule has 0 unspecified atom stereocenters. The molecule has 6 heteroatoms. The first-order valence-corrected chi connectivity index (χ1v) is 9.19. The summed E-state index contributed by atoms with van der Waals surface area (Å²) >= 11 is 5.93. The molecule has 0 radical (unpaired) electrons. The van der Waals surface area contributed by atoms with Gasteiger partial charge < -0.3 is 14.4 Å². The third-order valence-corrected chi connectivity index (χ3v) is 5.24. The van der Waals surface area contributed by atoms with Crippen LogP contribution in [0.3, 0.4) is 0 Å². The number of aryl methyl sites for hydroxylation is 1. The van der Waals surface area contributed by atoms with Gasteiger partial charge in [-0.15, -0.1) is 18.2 Å². The number of amides is 2. The van der Waals surface area contributed by atoms with Crippen LogP contribution in [0.4, 0.5) is 0 Å². The molecule has 1 heterocycles. The molecule has 0 bridgehead atoms. The zero-order chi connectivity index (χ0) is 18.6. The summed E-state index contributed by atoms with van der Waals surface area (Å²) in [6, 6.07) is 4.27. The van der Waals surface area contributed by atoms with Crippen molar-refractivity contribution in [3.63, 3.8) is 0 Å². The van der Waals surface area contributed by atoms with Crippen LogP contribution in [0.2, 0.25) is 0 Å². The molecule has 2 rings (SSSR count). The van der Waals surface area contributed by atoms with Crippen LogP contribution in [0.25, 0.3) is 0 Å². The van der Waals surface area contributed by atoms with E-state index in [1.165, 1.54) is 0 Å². The molecule has 1 fully saturated rings. The molecule has 138 valence electrons. The Labute approximate surface area is 155 Å². The second kappa shape index (κ2) is 8.09. The molecular formula is C19H28ClN3O2. The normalized spacial score (nSPS) is 14.2. The molecule has 0 saturated heterocycles. The summed E-state index contributed by atoms with van der Waals surface area (Å²) in [4.78, 5) is 29.1. The van der Waals surface area contributed by atoms with Crippen LogP contribution >= 0.6 is 11.6 Å². The Kier molecular flexibility index (Phi) is 6.33. The van der Waals surface area contributed by atoms with Gasteiger partial charge in [0.1, 0.15) is 6.54 Å². The van der Waals surface area contributed by atoms with Crippen LogP contribution in [0, 0.1) is 5.41 Å². The molecule has 0 atom stereocenters. The number of carbonyl (C=O) groups is 2. The number of rotatable bonds is 9. The van der Waals surface area contributed by atoms with Crippen LogP contribution in [-0.4, -0.2) is 51.2 Å². The van der Waals surface area contributed by atoms with E-state index in [4.69, 9.17) is 11.6 Å². The summed E-state index contributed by atoms with van der Waals surface area (Å²) in [5.41, 5.74) is 0.385. The van der Waals surface area contributed by atoms with Crippen LogP contribution in [0.15, 0.2) is 31.0 Å². The first-order valence-electron chi connectivity index (χ1n) is 8.66. The average molecular weight is 366 g/mol. The highest BCUT2D eigenvalue weighted by Gasteiger charge is 2.36. The van der Waals surface area contributed by atoms with E-state index in [1.54, 1.807) is 24.8 Å². The molecule has 5 nitrogen and oxygen atoms in total. The number of nitrogens with zero attached hydrogens (tertiary/aromatic N) is 3. The lowest BCUT2D eigenvalue weighted by Gasteiger charge is -2.32. The van der Waals surface area contributed by atoms with Gasteiger partial charge in [-0.2, -0.15) is 0 Å². The number of halogens is 1. The second-order valence-electron chi connectivity index (χ2n) is 7.36. The lowest BCUT2D eigenvalue weighted by atomic mass is 9.94. The molecule has 0 aliphatic heterocycles. The Morgan fingerprint density at radius 1 is 1.44 bits per heavy atom. The van der Waals surface area contributed by atoms with E-state index in [9.17, 15) is 9.59 Å². The molecular weight excluding hydrogens is 338 g/mol. The number of alkyl halides is 1. The maximum atomic E-state index is 12.9. The third-order valence-electron chi connectivity index (χ3n) is 4.57. The largest absolute Gasteiger partial charge is 0.353 e. The molecule has 0 spiro atoms. The lowest BCUT2D eigenvalue weighted by Crippen LogP contribution is -2.48. The van der Waals surface area contributed by atoms with E-state index in [2.05, 4.69) is 6.58 Å². The zero-order valence-electron chi connectivity index (χ0n) is 15.4. The van der Waals surface area contributed by atoms with Crippen molar-refractivity contribution in [1.29, 1.82) is 0 Å². The SMILES string of the molecule is C=CCN(CC(=O)N(Cc1cccn1C)C1CC1)C(=O)C(C)(C)CCl. The summed E-state index contributed by atoms with van der Waals surface area (Å²) in [5.74, 6) is 0.0678. The van der Waals surface area contributed by atoms with Crippen molar-refractivity contribution in [2.24, 2.45) is 12.5 Å². The van der Waals surface area contributed by atoms with Crippen LogP contribution in [0.5, 0.6) is 0 Å². The molecule has 1 aromatic heterocycles. The van der Waals surface area contributed by atoms with Gasteiger partial charge in [-0.05, 0) is 38.8 Å². The van der Waals surface area contributed by atoms with Crippen molar-refractivity contribution in [2.45, 2.75) is 39.3 Å². The van der Waals surface area contributed by atoms with Gasteiger partial charge in [-0.25, -0.2) is 0 Å². The topological polar surface area (TPSA) is 45.6 Å². The highest BCUT2D eigenvalue weighted by molar-refractivity contribution is 6.19. The van der Waals surface area contributed by atoms with Crippen LogP contribution in [-0.2, 0) is 23.2 Å². The van der Waals surface area contributed by atoms with E-state index >= 15 is 0 Å². The number of aromatic nitrogens is 1. The first-order chi connectivity index (χ1) is 11.8. The summed E-state index contributed by atoms with van der Waals surface area (Å²) < 4.78 is 2.02. The Hall–Kier alpha value is -1.75. The minimum atomic E-state index is -0.701. The van der Waals surface area contributed by atoms with Crippen molar-refractivity contribution in [1.82, 2.24) is 14.4 Å². The zero-order valence-corrected chi connectivity index (χ0v) is 16.1. The quantitative estimate of drug-likeness (QED) is 0.499.